The molecule has 1 aliphatic rings. The third-order valence-electron chi connectivity index (χ3n) is 2.25. The molecule has 0 aromatic heterocycles. The molecule has 1 atom stereocenters. The molecular weight excluding hydrogens is 336 g/mol. The topological polar surface area (TPSA) is 32.3 Å². The Kier molecular flexibility index (Phi) is 4.27. The van der Waals surface area contributed by atoms with Crippen LogP contribution in [0.5, 0.6) is 0 Å². The van der Waals surface area contributed by atoms with E-state index in [1.165, 1.54) is 4.02 Å². The quantitative estimate of drug-likeness (QED) is 0.792. The first-order valence-electron chi connectivity index (χ1n) is 4.68. The van der Waals surface area contributed by atoms with E-state index in [9.17, 15) is 4.79 Å². The van der Waals surface area contributed by atoms with E-state index in [1.807, 2.05) is 0 Å². The molecule has 74 valence electrons. The number of amides is 1. The zero-order chi connectivity index (χ0) is 9.84. The maximum atomic E-state index is 10.8. The molecule has 13 heavy (non-hydrogen) atoms. The third-order valence-corrected chi connectivity index (χ3v) is 4.22. The first kappa shape index (κ1) is 11.1. The van der Waals surface area contributed by atoms with Crippen molar-refractivity contribution in [3.05, 3.63) is 0 Å². The second kappa shape index (κ2) is 5.02. The molecule has 0 bridgehead atoms. The van der Waals surface area contributed by atoms with Gasteiger partial charge in [0.2, 0.25) is 0 Å². The van der Waals surface area contributed by atoms with Gasteiger partial charge in [-0.3, -0.25) is 0 Å². The summed E-state index contributed by atoms with van der Waals surface area (Å²) < 4.78 is 1.51. The van der Waals surface area contributed by atoms with Crippen LogP contribution in [0.15, 0.2) is 0 Å². The van der Waals surface area contributed by atoms with Gasteiger partial charge < -0.3 is 0 Å². The van der Waals surface area contributed by atoms with Crippen LogP contribution in [0.2, 0.25) is 0 Å². The van der Waals surface area contributed by atoms with E-state index in [1.54, 1.807) is 26.3 Å². The molecule has 1 aliphatic heterocycles. The summed E-state index contributed by atoms with van der Waals surface area (Å²) in [5.41, 5.74) is 0. The molecule has 1 saturated heterocycles. The van der Waals surface area contributed by atoms with Crippen molar-refractivity contribution in [2.45, 2.75) is 32.7 Å². The molecule has 1 amide bonds. The Morgan fingerprint density at radius 1 is 1.69 bits per heavy atom. The molecule has 1 unspecified atom stereocenters. The van der Waals surface area contributed by atoms with Crippen LogP contribution in [0.3, 0.4) is 0 Å². The van der Waals surface area contributed by atoms with E-state index in [2.05, 4.69) is 17.1 Å². The molecule has 1 fully saturated rings. The first-order valence-corrected chi connectivity index (χ1v) is 6.15. The summed E-state index contributed by atoms with van der Waals surface area (Å²) in [6.07, 6.45) is 2.23. The molecule has 0 radical (unpaired) electrons. The molecule has 0 saturated carbocycles. The number of nitrogens with one attached hydrogen (secondary N) is 1. The number of likely N-dealkylation sites (tertiary alicyclic amines) is 1. The van der Waals surface area contributed by atoms with E-state index < -0.39 is 0 Å². The second-order valence-corrected chi connectivity index (χ2v) is 5.07. The molecule has 1 N–H and O–H groups in total. The minimum absolute atomic E-state index is 0.0911. The van der Waals surface area contributed by atoms with Gasteiger partial charge in [0.15, 0.2) is 0 Å². The number of hydrogen-bond donors (Lipinski definition) is 1. The van der Waals surface area contributed by atoms with E-state index in [4.69, 9.17) is 0 Å². The molecule has 0 spiro atoms. The Hall–Kier alpha value is -0.0117. The van der Waals surface area contributed by atoms with Crippen molar-refractivity contribution >= 4 is 9.93 Å². The second-order valence-electron chi connectivity index (χ2n) is 3.38. The average molecular weight is 352 g/mol. The summed E-state index contributed by atoms with van der Waals surface area (Å²) in [6, 6.07) is 0.374. The van der Waals surface area contributed by atoms with Crippen LogP contribution in [0.4, 0.5) is 0 Å². The van der Waals surface area contributed by atoms with Crippen LogP contribution in [0, 0.1) is 0 Å². The van der Waals surface area contributed by atoms with Crippen LogP contribution in [0.1, 0.15) is 26.7 Å². The van der Waals surface area contributed by atoms with Gasteiger partial charge >= 0.3 is 90.1 Å². The summed E-state index contributed by atoms with van der Waals surface area (Å²) >= 11 is 1.56. The van der Waals surface area contributed by atoms with Crippen molar-refractivity contribution < 1.29 is 24.1 Å². The summed E-state index contributed by atoms with van der Waals surface area (Å²) in [5, 5.41) is 2.97. The summed E-state index contributed by atoms with van der Waals surface area (Å²) in [6.45, 7) is 5.89. The van der Waals surface area contributed by atoms with Crippen LogP contribution in [0.25, 0.3) is 0 Å². The first-order chi connectivity index (χ1) is 6.13. The van der Waals surface area contributed by atoms with Gasteiger partial charge in [0.25, 0.3) is 0 Å². The summed E-state index contributed by atoms with van der Waals surface area (Å²) in [4.78, 5) is 13.2. The Labute approximate surface area is 90.3 Å². The molecule has 1 rings (SSSR count). The predicted octanol–water partition coefficient (Wildman–Crippen LogP) is 0.283. The molecular formula is C9H16N2OW. The molecule has 1 heterocycles. The van der Waals surface area contributed by atoms with Gasteiger partial charge in [-0.1, -0.05) is 0 Å². The average Bonchev–Trinajstić information content (AvgIpc) is 2.50. The summed E-state index contributed by atoms with van der Waals surface area (Å²) in [5.74, 6) is 0.0911. The number of carbonyl (C=O) groups is 1. The monoisotopic (exact) mass is 352 g/mol. The zero-order valence-electron chi connectivity index (χ0n) is 8.17. The van der Waals surface area contributed by atoms with Crippen LogP contribution < -0.4 is 5.32 Å². The Morgan fingerprint density at radius 2 is 2.38 bits per heavy atom. The van der Waals surface area contributed by atoms with Crippen LogP contribution in [-0.2, 0) is 24.1 Å². The number of nitrogens with zero attached hydrogens (tertiary/aromatic N) is 1. The standard InChI is InChI=1S/C9H16N2O.W/c1-3-5-11-6-4-9(7-11)10-8(2)12;/h9H,3-4,6-7H2,1-2H3,(H,10,12);. The summed E-state index contributed by atoms with van der Waals surface area (Å²) in [7, 11) is 0. The van der Waals surface area contributed by atoms with Crippen molar-refractivity contribution in [1.82, 2.24) is 10.2 Å². The maximum absolute atomic E-state index is 10.8. The fourth-order valence-electron chi connectivity index (χ4n) is 1.62. The predicted molar refractivity (Wildman–Crippen MR) is 49.1 cm³/mol. The Balaban J connectivity index is 2.36. The van der Waals surface area contributed by atoms with Crippen molar-refractivity contribution in [2.24, 2.45) is 0 Å². The van der Waals surface area contributed by atoms with Gasteiger partial charge in [0, 0.05) is 0 Å². The molecule has 0 aromatic carbocycles. The number of carbonyl (C=O) groups excluding carboxylic acids is 1. The Bertz CT molecular complexity index is 218. The molecule has 3 nitrogen and oxygen atoms in total. The van der Waals surface area contributed by atoms with Gasteiger partial charge in [0.05, 0.1) is 0 Å². The van der Waals surface area contributed by atoms with Crippen molar-refractivity contribution in [1.29, 1.82) is 0 Å². The third kappa shape index (κ3) is 3.32. The van der Waals surface area contributed by atoms with E-state index in [-0.39, 0.29) is 5.91 Å². The van der Waals surface area contributed by atoms with Crippen LogP contribution >= 0.6 is 0 Å². The molecule has 0 aromatic rings. The van der Waals surface area contributed by atoms with Gasteiger partial charge in [-0.15, -0.1) is 0 Å². The van der Waals surface area contributed by atoms with Gasteiger partial charge in [-0.05, 0) is 0 Å². The minimum atomic E-state index is 0.0911. The number of hydrogen-bond acceptors (Lipinski definition) is 2. The fraction of sp³-hybridized carbons (Fsp3) is 0.778. The zero-order valence-corrected chi connectivity index (χ0v) is 11.1. The SMILES string of the molecule is CC[C](=[W])N1CCC(NC(C)=O)C1. The van der Waals surface area contributed by atoms with Gasteiger partial charge in [-0.25, -0.2) is 0 Å². The number of rotatable bonds is 3. The Morgan fingerprint density at radius 3 is 2.92 bits per heavy atom. The van der Waals surface area contributed by atoms with E-state index >= 15 is 0 Å². The fourth-order valence-corrected chi connectivity index (χ4v) is 2.21. The van der Waals surface area contributed by atoms with Gasteiger partial charge in [-0.2, -0.15) is 0 Å². The van der Waals surface area contributed by atoms with Crippen LogP contribution in [-0.4, -0.2) is 34.0 Å². The van der Waals surface area contributed by atoms with Crippen molar-refractivity contribution in [3.63, 3.8) is 0 Å². The van der Waals surface area contributed by atoms with Crippen molar-refractivity contribution in [3.8, 4) is 0 Å². The van der Waals surface area contributed by atoms with E-state index in [0.717, 1.165) is 25.9 Å². The molecule has 0 aliphatic carbocycles. The van der Waals surface area contributed by atoms with E-state index in [0.29, 0.717) is 6.04 Å². The normalized spacial score (nSPS) is 23.1. The molecule has 4 heteroatoms. The van der Waals surface area contributed by atoms with Crippen molar-refractivity contribution in [2.75, 3.05) is 13.1 Å². The van der Waals surface area contributed by atoms with Gasteiger partial charge in [0.1, 0.15) is 0 Å².